The largest absolute Gasteiger partial charge is 0.380 e. The molecule has 27 heavy (non-hydrogen) atoms. The third-order valence-corrected chi connectivity index (χ3v) is 6.93. The number of nitrogens with zero attached hydrogens (tertiary/aromatic N) is 1. The third-order valence-electron chi connectivity index (χ3n) is 6.93. The summed E-state index contributed by atoms with van der Waals surface area (Å²) in [5, 5.41) is 11.2. The number of rotatable bonds is 5. The molecule has 1 saturated carbocycles. The molecular formula is C22H29NO4. The van der Waals surface area contributed by atoms with Crippen molar-refractivity contribution in [3.05, 3.63) is 29.8 Å². The summed E-state index contributed by atoms with van der Waals surface area (Å²) in [5.74, 6) is -0.349. The molecule has 2 heterocycles. The Morgan fingerprint density at radius 1 is 1.26 bits per heavy atom. The van der Waals surface area contributed by atoms with Gasteiger partial charge in [0, 0.05) is 36.1 Å². The van der Waals surface area contributed by atoms with Crippen LogP contribution in [-0.2, 0) is 19.9 Å². The van der Waals surface area contributed by atoms with E-state index in [0.29, 0.717) is 13.0 Å². The van der Waals surface area contributed by atoms with E-state index < -0.39 is 17.2 Å². The molecule has 5 atom stereocenters. The number of Topliss-reactive ketones (excluding diaryl/α,β-unsaturated/α-hetero) is 2. The van der Waals surface area contributed by atoms with Crippen LogP contribution in [0.15, 0.2) is 24.3 Å². The van der Waals surface area contributed by atoms with Gasteiger partial charge >= 0.3 is 0 Å². The lowest BCUT2D eigenvalue weighted by atomic mass is 9.84. The first-order valence-corrected chi connectivity index (χ1v) is 10.1. The number of carbonyl (C=O) groups is 2. The Morgan fingerprint density at radius 2 is 2.00 bits per heavy atom. The van der Waals surface area contributed by atoms with E-state index in [1.54, 1.807) is 6.92 Å². The molecule has 3 aliphatic rings. The van der Waals surface area contributed by atoms with Gasteiger partial charge in [0.25, 0.3) is 0 Å². The first kappa shape index (κ1) is 18.6. The van der Waals surface area contributed by atoms with Crippen molar-refractivity contribution in [3.8, 4) is 0 Å². The van der Waals surface area contributed by atoms with Crippen molar-refractivity contribution in [1.82, 2.24) is 0 Å². The number of para-hydroxylation sites is 1. The van der Waals surface area contributed by atoms with Crippen LogP contribution in [-0.4, -0.2) is 36.1 Å². The number of carbonyl (C=O) groups excluding carboxylic acids is 2. The summed E-state index contributed by atoms with van der Waals surface area (Å²) in [6, 6.07) is 7.69. The average Bonchev–Trinajstić information content (AvgIpc) is 3.20. The Bertz CT molecular complexity index is 777. The van der Waals surface area contributed by atoms with Crippen LogP contribution in [0.5, 0.6) is 0 Å². The fourth-order valence-corrected chi connectivity index (χ4v) is 5.33. The summed E-state index contributed by atoms with van der Waals surface area (Å²) >= 11 is 0. The van der Waals surface area contributed by atoms with Gasteiger partial charge in [0.2, 0.25) is 0 Å². The molecule has 1 aliphatic carbocycles. The van der Waals surface area contributed by atoms with Gasteiger partial charge in [0.1, 0.15) is 11.0 Å². The lowest BCUT2D eigenvalue weighted by Gasteiger charge is -2.34. The van der Waals surface area contributed by atoms with Crippen LogP contribution in [0.25, 0.3) is 0 Å². The second-order valence-corrected chi connectivity index (χ2v) is 8.64. The minimum Gasteiger partial charge on any atom is -0.380 e. The normalized spacial score (nSPS) is 37.8. The Labute approximate surface area is 160 Å². The molecule has 2 aliphatic heterocycles. The van der Waals surface area contributed by atoms with Crippen LogP contribution in [0.3, 0.4) is 0 Å². The lowest BCUT2D eigenvalue weighted by Crippen LogP contribution is -2.49. The molecule has 0 bridgehead atoms. The Kier molecular flexibility index (Phi) is 4.43. The molecule has 5 heteroatoms. The van der Waals surface area contributed by atoms with Crippen molar-refractivity contribution in [2.24, 2.45) is 17.3 Å². The molecular weight excluding hydrogens is 342 g/mol. The minimum absolute atomic E-state index is 0.0273. The molecule has 2 unspecified atom stereocenters. The van der Waals surface area contributed by atoms with Crippen LogP contribution in [0.1, 0.15) is 52.0 Å². The average molecular weight is 371 g/mol. The standard InChI is InChI=1S/C22H29NO4/c1-4-5-8-15-14(2)18(24)21(3,19(15)25)13-23-17-10-7-6-9-16(17)22(26)11-12-27-20(22)23/h6-7,9-10,14-15,20,26H,4-5,8,11-13H2,1-3H3/t14?,15?,20-,21+,22+/m0/s1. The zero-order chi connectivity index (χ0) is 19.4. The maximum atomic E-state index is 13.3. The molecule has 1 aromatic rings. The van der Waals surface area contributed by atoms with Crippen molar-refractivity contribution >= 4 is 17.3 Å². The predicted octanol–water partition coefficient (Wildman–Crippen LogP) is 3.04. The van der Waals surface area contributed by atoms with Gasteiger partial charge in [-0.2, -0.15) is 0 Å². The van der Waals surface area contributed by atoms with Gasteiger partial charge in [0.05, 0.1) is 6.61 Å². The zero-order valence-electron chi connectivity index (χ0n) is 16.4. The summed E-state index contributed by atoms with van der Waals surface area (Å²) in [6.07, 6.45) is 2.75. The number of benzene rings is 1. The Morgan fingerprint density at radius 3 is 2.74 bits per heavy atom. The van der Waals surface area contributed by atoms with E-state index in [9.17, 15) is 14.7 Å². The van der Waals surface area contributed by atoms with E-state index in [1.165, 1.54) is 0 Å². The summed E-state index contributed by atoms with van der Waals surface area (Å²) in [6.45, 7) is 6.52. The summed E-state index contributed by atoms with van der Waals surface area (Å²) < 4.78 is 5.87. The van der Waals surface area contributed by atoms with Crippen LogP contribution in [0, 0.1) is 17.3 Å². The zero-order valence-corrected chi connectivity index (χ0v) is 16.4. The van der Waals surface area contributed by atoms with E-state index in [1.807, 2.05) is 36.1 Å². The molecule has 4 rings (SSSR count). The molecule has 0 aromatic heterocycles. The highest BCUT2D eigenvalue weighted by Gasteiger charge is 2.60. The topological polar surface area (TPSA) is 66.8 Å². The number of unbranched alkanes of at least 4 members (excludes halogenated alkanes) is 1. The van der Waals surface area contributed by atoms with Gasteiger partial charge in [-0.05, 0) is 19.4 Å². The number of fused-ring (bicyclic) bond motifs is 3. The summed E-state index contributed by atoms with van der Waals surface area (Å²) in [4.78, 5) is 28.4. The fraction of sp³-hybridized carbons (Fsp3) is 0.636. The van der Waals surface area contributed by atoms with Gasteiger partial charge in [-0.25, -0.2) is 0 Å². The van der Waals surface area contributed by atoms with Gasteiger partial charge in [0.15, 0.2) is 17.8 Å². The molecule has 2 fully saturated rings. The van der Waals surface area contributed by atoms with E-state index in [0.717, 1.165) is 30.5 Å². The van der Waals surface area contributed by atoms with Crippen LogP contribution in [0.4, 0.5) is 5.69 Å². The van der Waals surface area contributed by atoms with Gasteiger partial charge in [-0.3, -0.25) is 9.59 Å². The highest BCUT2D eigenvalue weighted by molar-refractivity contribution is 6.15. The number of ether oxygens (including phenoxy) is 1. The van der Waals surface area contributed by atoms with Gasteiger partial charge in [-0.15, -0.1) is 0 Å². The number of anilines is 1. The van der Waals surface area contributed by atoms with Crippen LogP contribution in [0.2, 0.25) is 0 Å². The number of ketones is 2. The smallest absolute Gasteiger partial charge is 0.163 e. The lowest BCUT2D eigenvalue weighted by molar-refractivity contribution is -0.135. The second-order valence-electron chi connectivity index (χ2n) is 8.64. The molecule has 1 aromatic carbocycles. The van der Waals surface area contributed by atoms with Crippen molar-refractivity contribution < 1.29 is 19.4 Å². The first-order valence-electron chi connectivity index (χ1n) is 10.1. The SMILES string of the molecule is CCCCC1C(=O)[C@](C)(CN2c3ccccc3[C@]3(O)CCO[C@H]23)C(=O)C1C. The maximum Gasteiger partial charge on any atom is 0.163 e. The van der Waals surface area contributed by atoms with Crippen LogP contribution < -0.4 is 4.90 Å². The van der Waals surface area contributed by atoms with E-state index >= 15 is 0 Å². The highest BCUT2D eigenvalue weighted by Crippen LogP contribution is 2.51. The van der Waals surface area contributed by atoms with Gasteiger partial charge < -0.3 is 14.7 Å². The molecule has 5 nitrogen and oxygen atoms in total. The second kappa shape index (κ2) is 6.42. The highest BCUT2D eigenvalue weighted by atomic mass is 16.5. The van der Waals surface area contributed by atoms with Crippen LogP contribution >= 0.6 is 0 Å². The van der Waals surface area contributed by atoms with Crippen molar-refractivity contribution in [2.75, 3.05) is 18.1 Å². The Balaban J connectivity index is 1.67. The van der Waals surface area contributed by atoms with Crippen molar-refractivity contribution in [1.29, 1.82) is 0 Å². The van der Waals surface area contributed by atoms with Gasteiger partial charge in [-0.1, -0.05) is 44.9 Å². The molecule has 0 radical (unpaired) electrons. The van der Waals surface area contributed by atoms with E-state index in [2.05, 4.69) is 6.92 Å². The summed E-state index contributed by atoms with van der Waals surface area (Å²) in [5.41, 5.74) is -0.409. The van der Waals surface area contributed by atoms with E-state index in [4.69, 9.17) is 4.74 Å². The minimum atomic E-state index is -1.06. The third kappa shape index (κ3) is 2.51. The molecule has 0 spiro atoms. The van der Waals surface area contributed by atoms with E-state index in [-0.39, 0.29) is 29.9 Å². The fourth-order valence-electron chi connectivity index (χ4n) is 5.33. The monoisotopic (exact) mass is 371 g/mol. The van der Waals surface area contributed by atoms with Crippen molar-refractivity contribution in [2.45, 2.75) is 58.3 Å². The summed E-state index contributed by atoms with van der Waals surface area (Å²) in [7, 11) is 0. The molecule has 0 amide bonds. The number of aliphatic hydroxyl groups is 1. The molecule has 1 saturated heterocycles. The predicted molar refractivity (Wildman–Crippen MR) is 102 cm³/mol. The van der Waals surface area contributed by atoms with Crippen molar-refractivity contribution in [3.63, 3.8) is 0 Å². The Hall–Kier alpha value is -1.72. The first-order chi connectivity index (χ1) is 12.8. The maximum absolute atomic E-state index is 13.3. The molecule has 146 valence electrons. The number of hydrogen-bond donors (Lipinski definition) is 1. The number of hydrogen-bond acceptors (Lipinski definition) is 5. The quantitative estimate of drug-likeness (QED) is 0.806. The molecule has 1 N–H and O–H groups in total.